The van der Waals surface area contributed by atoms with Gasteiger partial charge in [-0.25, -0.2) is 0 Å². The molecule has 0 saturated carbocycles. The van der Waals surface area contributed by atoms with Gasteiger partial charge in [-0.05, 0) is 30.0 Å². The van der Waals surface area contributed by atoms with Crippen LogP contribution in [0.5, 0.6) is 0 Å². The number of benzene rings is 1. The van der Waals surface area contributed by atoms with Crippen molar-refractivity contribution < 1.29 is 0 Å². The van der Waals surface area contributed by atoms with E-state index in [2.05, 4.69) is 66.0 Å². The normalized spacial score (nSPS) is 11.3. The lowest BCUT2D eigenvalue weighted by molar-refractivity contribution is 0.872. The minimum atomic E-state index is 0.515. The highest BCUT2D eigenvalue weighted by Gasteiger charge is 2.09. The average molecular weight is 278 g/mol. The molecule has 0 atom stereocenters. The molecular formula is C14H16BrN. The zero-order valence-corrected chi connectivity index (χ0v) is 11.5. The molecule has 0 fully saturated rings. The Labute approximate surface area is 105 Å². The Bertz CT molecular complexity index is 517. The number of aromatic nitrogens is 1. The number of fused-ring (bicyclic) bond motifs is 1. The molecule has 1 aromatic carbocycles. The minimum absolute atomic E-state index is 0.515. The fourth-order valence-corrected chi connectivity index (χ4v) is 2.52. The summed E-state index contributed by atoms with van der Waals surface area (Å²) in [6.07, 6.45) is 0. The summed E-state index contributed by atoms with van der Waals surface area (Å²) in [7, 11) is 0. The van der Waals surface area contributed by atoms with Crippen molar-refractivity contribution in [2.24, 2.45) is 0 Å². The Morgan fingerprint density at radius 2 is 2.06 bits per heavy atom. The molecule has 84 valence electrons. The standard InChI is InChI=1S/C14H16BrN/c1-9(2)12-5-4-6-13-11(8-15)7-10(3)16-14(12)13/h4-7,9H,8H2,1-3H3. The number of aryl methyl sites for hydroxylation is 1. The van der Waals surface area contributed by atoms with E-state index in [0.29, 0.717) is 5.92 Å². The summed E-state index contributed by atoms with van der Waals surface area (Å²) in [6, 6.07) is 8.61. The zero-order chi connectivity index (χ0) is 11.7. The molecule has 0 unspecified atom stereocenters. The first-order valence-corrected chi connectivity index (χ1v) is 6.70. The predicted molar refractivity (Wildman–Crippen MR) is 73.2 cm³/mol. The summed E-state index contributed by atoms with van der Waals surface area (Å²) >= 11 is 3.55. The van der Waals surface area contributed by atoms with Gasteiger partial charge in [-0.2, -0.15) is 0 Å². The lowest BCUT2D eigenvalue weighted by Gasteiger charge is -2.12. The molecule has 0 aliphatic rings. The Morgan fingerprint density at radius 1 is 1.31 bits per heavy atom. The van der Waals surface area contributed by atoms with Crippen LogP contribution in [-0.4, -0.2) is 4.98 Å². The summed E-state index contributed by atoms with van der Waals surface area (Å²) in [5.74, 6) is 0.515. The first-order chi connectivity index (χ1) is 7.63. The molecule has 0 aliphatic carbocycles. The van der Waals surface area contributed by atoms with Gasteiger partial charge in [0.25, 0.3) is 0 Å². The van der Waals surface area contributed by atoms with Crippen LogP contribution in [0.4, 0.5) is 0 Å². The van der Waals surface area contributed by atoms with Crippen LogP contribution in [0.3, 0.4) is 0 Å². The Morgan fingerprint density at radius 3 is 2.69 bits per heavy atom. The molecule has 0 radical (unpaired) electrons. The van der Waals surface area contributed by atoms with Crippen molar-refractivity contribution in [3.05, 3.63) is 41.1 Å². The lowest BCUT2D eigenvalue weighted by atomic mass is 9.97. The molecule has 0 saturated heterocycles. The molecule has 0 aliphatic heterocycles. The summed E-state index contributed by atoms with van der Waals surface area (Å²) in [6.45, 7) is 6.49. The van der Waals surface area contributed by atoms with Gasteiger partial charge in [-0.3, -0.25) is 4.98 Å². The molecule has 2 heteroatoms. The van der Waals surface area contributed by atoms with E-state index in [0.717, 1.165) is 16.5 Å². The predicted octanol–water partition coefficient (Wildman–Crippen LogP) is 4.56. The molecule has 0 N–H and O–H groups in total. The Kier molecular flexibility index (Phi) is 3.29. The number of halogens is 1. The van der Waals surface area contributed by atoms with Gasteiger partial charge in [0.1, 0.15) is 0 Å². The monoisotopic (exact) mass is 277 g/mol. The highest BCUT2D eigenvalue weighted by molar-refractivity contribution is 9.08. The third kappa shape index (κ3) is 1.99. The number of hydrogen-bond donors (Lipinski definition) is 0. The van der Waals surface area contributed by atoms with Gasteiger partial charge < -0.3 is 0 Å². The van der Waals surface area contributed by atoms with E-state index in [1.165, 1.54) is 16.5 Å². The van der Waals surface area contributed by atoms with E-state index in [-0.39, 0.29) is 0 Å². The van der Waals surface area contributed by atoms with E-state index in [4.69, 9.17) is 0 Å². The Hall–Kier alpha value is -0.890. The van der Waals surface area contributed by atoms with E-state index in [9.17, 15) is 0 Å². The van der Waals surface area contributed by atoms with Crippen LogP contribution in [0.15, 0.2) is 24.3 Å². The molecule has 1 nitrogen and oxygen atoms in total. The van der Waals surface area contributed by atoms with Crippen molar-refractivity contribution in [1.29, 1.82) is 0 Å². The molecule has 0 bridgehead atoms. The zero-order valence-electron chi connectivity index (χ0n) is 9.92. The topological polar surface area (TPSA) is 12.9 Å². The second-order valence-corrected chi connectivity index (χ2v) is 5.02. The van der Waals surface area contributed by atoms with Gasteiger partial charge in [0.15, 0.2) is 0 Å². The summed E-state index contributed by atoms with van der Waals surface area (Å²) in [4.78, 5) is 4.68. The maximum absolute atomic E-state index is 4.68. The van der Waals surface area contributed by atoms with Crippen LogP contribution >= 0.6 is 15.9 Å². The van der Waals surface area contributed by atoms with Gasteiger partial charge in [0.05, 0.1) is 5.52 Å². The number of para-hydroxylation sites is 1. The van der Waals surface area contributed by atoms with Gasteiger partial charge in [-0.15, -0.1) is 0 Å². The molecule has 2 aromatic rings. The second-order valence-electron chi connectivity index (χ2n) is 4.45. The van der Waals surface area contributed by atoms with Crippen molar-refractivity contribution in [2.75, 3.05) is 0 Å². The third-order valence-electron chi connectivity index (χ3n) is 2.85. The first kappa shape index (κ1) is 11.6. The lowest BCUT2D eigenvalue weighted by Crippen LogP contribution is -1.96. The summed E-state index contributed by atoms with van der Waals surface area (Å²) < 4.78 is 0. The fourth-order valence-electron chi connectivity index (χ4n) is 2.06. The molecule has 16 heavy (non-hydrogen) atoms. The minimum Gasteiger partial charge on any atom is -0.253 e. The molecule has 0 spiro atoms. The average Bonchev–Trinajstić information content (AvgIpc) is 2.26. The molecular weight excluding hydrogens is 262 g/mol. The van der Waals surface area contributed by atoms with Gasteiger partial charge in [-0.1, -0.05) is 48.0 Å². The smallest absolute Gasteiger partial charge is 0.0742 e. The Balaban J connectivity index is 2.82. The summed E-state index contributed by atoms with van der Waals surface area (Å²) in [5, 5.41) is 2.16. The van der Waals surface area contributed by atoms with Crippen LogP contribution in [0.25, 0.3) is 10.9 Å². The fraction of sp³-hybridized carbons (Fsp3) is 0.357. The third-order valence-corrected chi connectivity index (χ3v) is 3.45. The molecule has 0 amide bonds. The van der Waals surface area contributed by atoms with Crippen molar-refractivity contribution >= 4 is 26.8 Å². The SMILES string of the molecule is Cc1cc(CBr)c2cccc(C(C)C)c2n1. The molecule has 1 aromatic heterocycles. The molecule has 2 rings (SSSR count). The number of nitrogens with zero attached hydrogens (tertiary/aromatic N) is 1. The van der Waals surface area contributed by atoms with Crippen molar-refractivity contribution in [3.63, 3.8) is 0 Å². The maximum atomic E-state index is 4.68. The van der Waals surface area contributed by atoms with Crippen LogP contribution in [-0.2, 0) is 5.33 Å². The van der Waals surface area contributed by atoms with E-state index >= 15 is 0 Å². The number of hydrogen-bond acceptors (Lipinski definition) is 1. The van der Waals surface area contributed by atoms with Crippen LogP contribution < -0.4 is 0 Å². The van der Waals surface area contributed by atoms with Gasteiger partial charge in [0, 0.05) is 16.4 Å². The quantitative estimate of drug-likeness (QED) is 0.734. The van der Waals surface area contributed by atoms with Gasteiger partial charge >= 0.3 is 0 Å². The van der Waals surface area contributed by atoms with Crippen molar-refractivity contribution in [2.45, 2.75) is 32.0 Å². The van der Waals surface area contributed by atoms with Crippen LogP contribution in [0.1, 0.15) is 36.6 Å². The number of rotatable bonds is 2. The van der Waals surface area contributed by atoms with Crippen LogP contribution in [0, 0.1) is 6.92 Å². The van der Waals surface area contributed by atoms with Gasteiger partial charge in [0.2, 0.25) is 0 Å². The highest BCUT2D eigenvalue weighted by Crippen LogP contribution is 2.27. The van der Waals surface area contributed by atoms with E-state index < -0.39 is 0 Å². The number of alkyl halides is 1. The molecule has 1 heterocycles. The van der Waals surface area contributed by atoms with Crippen molar-refractivity contribution in [1.82, 2.24) is 4.98 Å². The van der Waals surface area contributed by atoms with E-state index in [1.54, 1.807) is 0 Å². The van der Waals surface area contributed by atoms with E-state index in [1.807, 2.05) is 0 Å². The van der Waals surface area contributed by atoms with Crippen LogP contribution in [0.2, 0.25) is 0 Å². The summed E-state index contributed by atoms with van der Waals surface area (Å²) in [5.41, 5.74) is 4.91. The second kappa shape index (κ2) is 4.54. The van der Waals surface area contributed by atoms with Crippen molar-refractivity contribution in [3.8, 4) is 0 Å². The highest BCUT2D eigenvalue weighted by atomic mass is 79.9. The largest absolute Gasteiger partial charge is 0.253 e. The first-order valence-electron chi connectivity index (χ1n) is 5.58. The number of pyridine rings is 1. The maximum Gasteiger partial charge on any atom is 0.0742 e.